The summed E-state index contributed by atoms with van der Waals surface area (Å²) < 4.78 is 13.6. The van der Waals surface area contributed by atoms with Crippen LogP contribution in [0, 0.1) is 5.82 Å². The molecule has 0 radical (unpaired) electrons. The fourth-order valence-electron chi connectivity index (χ4n) is 3.87. The fourth-order valence-corrected chi connectivity index (χ4v) is 3.87. The second kappa shape index (κ2) is 6.20. The fraction of sp³-hybridized carbons (Fsp3) is 0.625. The van der Waals surface area contributed by atoms with Gasteiger partial charge in [-0.1, -0.05) is 6.92 Å². The predicted octanol–water partition coefficient (Wildman–Crippen LogP) is -1.86. The summed E-state index contributed by atoms with van der Waals surface area (Å²) in [5.41, 5.74) is 2.60. The van der Waals surface area contributed by atoms with Crippen LogP contribution in [0.3, 0.4) is 0 Å². The van der Waals surface area contributed by atoms with Crippen LogP contribution < -0.4 is 15.1 Å². The van der Waals surface area contributed by atoms with E-state index in [1.807, 2.05) is 6.07 Å². The first-order valence-electron chi connectivity index (χ1n) is 8.06. The monoisotopic (exact) mass is 280 g/mol. The van der Waals surface area contributed by atoms with Gasteiger partial charge in [-0.25, -0.2) is 4.39 Å². The first-order valence-corrected chi connectivity index (χ1v) is 8.06. The summed E-state index contributed by atoms with van der Waals surface area (Å²) >= 11 is 0. The SMILES string of the molecule is CCC[NH+]1CC[NH+]([C@@H]2C[NH2+]Cc3ccc(F)cc32)CC1. The molecule has 4 N–H and O–H groups in total. The number of piperazine rings is 1. The van der Waals surface area contributed by atoms with Crippen LogP contribution in [0.25, 0.3) is 0 Å². The van der Waals surface area contributed by atoms with Crippen molar-refractivity contribution in [3.05, 3.63) is 35.1 Å². The van der Waals surface area contributed by atoms with Gasteiger partial charge in [0.05, 0.1) is 6.54 Å². The molecule has 110 valence electrons. The smallest absolute Gasteiger partial charge is 0.163 e. The minimum atomic E-state index is -0.0784. The summed E-state index contributed by atoms with van der Waals surface area (Å²) in [4.78, 5) is 3.41. The van der Waals surface area contributed by atoms with Crippen molar-refractivity contribution in [2.75, 3.05) is 39.3 Å². The first kappa shape index (κ1) is 14.0. The number of benzene rings is 1. The van der Waals surface area contributed by atoms with Crippen molar-refractivity contribution in [1.82, 2.24) is 0 Å². The maximum atomic E-state index is 13.6. The number of hydrogen-bond donors (Lipinski definition) is 3. The Labute approximate surface area is 120 Å². The molecule has 0 aliphatic carbocycles. The zero-order chi connectivity index (χ0) is 13.9. The molecule has 1 aromatic carbocycles. The van der Waals surface area contributed by atoms with Gasteiger partial charge < -0.3 is 15.1 Å². The van der Waals surface area contributed by atoms with E-state index in [1.54, 1.807) is 21.9 Å². The number of rotatable bonds is 3. The molecule has 1 atom stereocenters. The first-order chi connectivity index (χ1) is 9.78. The molecule has 0 spiro atoms. The van der Waals surface area contributed by atoms with Crippen molar-refractivity contribution in [2.45, 2.75) is 25.9 Å². The van der Waals surface area contributed by atoms with Gasteiger partial charge in [0.1, 0.15) is 45.1 Å². The van der Waals surface area contributed by atoms with Gasteiger partial charge in [0, 0.05) is 11.1 Å². The number of halogens is 1. The van der Waals surface area contributed by atoms with E-state index < -0.39 is 0 Å². The number of nitrogens with one attached hydrogen (secondary N) is 2. The third-order valence-corrected chi connectivity index (χ3v) is 4.95. The molecule has 3 nitrogen and oxygen atoms in total. The summed E-state index contributed by atoms with van der Waals surface area (Å²) in [5, 5.41) is 2.38. The molecule has 2 aliphatic rings. The molecular weight excluding hydrogens is 253 g/mol. The highest BCUT2D eigenvalue weighted by atomic mass is 19.1. The van der Waals surface area contributed by atoms with Gasteiger partial charge in [-0.2, -0.15) is 0 Å². The lowest BCUT2D eigenvalue weighted by atomic mass is 9.95. The Morgan fingerprint density at radius 3 is 2.80 bits per heavy atom. The van der Waals surface area contributed by atoms with E-state index >= 15 is 0 Å². The maximum absolute atomic E-state index is 13.6. The lowest BCUT2D eigenvalue weighted by Crippen LogP contribution is -3.29. The zero-order valence-electron chi connectivity index (χ0n) is 12.4. The van der Waals surface area contributed by atoms with Crippen LogP contribution in [0.15, 0.2) is 18.2 Å². The summed E-state index contributed by atoms with van der Waals surface area (Å²) in [6, 6.07) is 5.85. The molecule has 0 unspecified atom stereocenters. The largest absolute Gasteiger partial charge is 0.337 e. The minimum Gasteiger partial charge on any atom is -0.337 e. The van der Waals surface area contributed by atoms with E-state index in [4.69, 9.17) is 0 Å². The van der Waals surface area contributed by atoms with Gasteiger partial charge in [-0.15, -0.1) is 0 Å². The Bertz CT molecular complexity index is 455. The van der Waals surface area contributed by atoms with Crippen molar-refractivity contribution in [2.24, 2.45) is 0 Å². The second-order valence-electron chi connectivity index (χ2n) is 6.28. The topological polar surface area (TPSA) is 25.5 Å². The molecule has 2 aliphatic heterocycles. The van der Waals surface area contributed by atoms with Crippen LogP contribution in [-0.2, 0) is 6.54 Å². The Kier molecular flexibility index (Phi) is 4.34. The predicted molar refractivity (Wildman–Crippen MR) is 76.2 cm³/mol. The van der Waals surface area contributed by atoms with E-state index in [0.717, 1.165) is 13.1 Å². The van der Waals surface area contributed by atoms with E-state index in [1.165, 1.54) is 50.3 Å². The van der Waals surface area contributed by atoms with Gasteiger partial charge in [0.2, 0.25) is 0 Å². The van der Waals surface area contributed by atoms with Crippen molar-refractivity contribution in [1.29, 1.82) is 0 Å². The highest BCUT2D eigenvalue weighted by Gasteiger charge is 2.35. The van der Waals surface area contributed by atoms with Gasteiger partial charge in [-0.3, -0.25) is 0 Å². The Morgan fingerprint density at radius 2 is 2.05 bits per heavy atom. The molecule has 0 bridgehead atoms. The number of quaternary nitrogens is 3. The standard InChI is InChI=1S/C16H24FN3/c1-2-5-19-6-8-20(9-7-19)16-12-18-11-13-3-4-14(17)10-15(13)16/h3-4,10,16,18H,2,5-9,11-12H2,1H3/p+3/t16-/m1/s1. The van der Waals surface area contributed by atoms with Gasteiger partial charge in [0.15, 0.2) is 6.04 Å². The number of hydrogen-bond acceptors (Lipinski definition) is 0. The Balaban J connectivity index is 1.72. The number of fused-ring (bicyclic) bond motifs is 1. The molecule has 0 amide bonds. The molecule has 3 rings (SSSR count). The molecular formula is C16H27FN3+3. The third-order valence-electron chi connectivity index (χ3n) is 4.95. The van der Waals surface area contributed by atoms with Crippen LogP contribution >= 0.6 is 0 Å². The molecule has 2 heterocycles. The van der Waals surface area contributed by atoms with Crippen LogP contribution in [0.1, 0.15) is 30.5 Å². The third kappa shape index (κ3) is 2.87. The highest BCUT2D eigenvalue weighted by molar-refractivity contribution is 5.30. The molecule has 0 aromatic heterocycles. The van der Waals surface area contributed by atoms with Gasteiger partial charge in [-0.05, 0) is 24.6 Å². The zero-order valence-corrected chi connectivity index (χ0v) is 12.4. The molecule has 1 fully saturated rings. The Morgan fingerprint density at radius 1 is 1.25 bits per heavy atom. The average Bonchev–Trinajstić information content (AvgIpc) is 2.48. The van der Waals surface area contributed by atoms with E-state index in [9.17, 15) is 4.39 Å². The molecule has 1 aromatic rings. The van der Waals surface area contributed by atoms with Crippen molar-refractivity contribution in [3.8, 4) is 0 Å². The quantitative estimate of drug-likeness (QED) is 0.579. The lowest BCUT2D eigenvalue weighted by Gasteiger charge is -2.36. The summed E-state index contributed by atoms with van der Waals surface area (Å²) in [5.74, 6) is -0.0784. The van der Waals surface area contributed by atoms with Gasteiger partial charge in [0.25, 0.3) is 0 Å². The van der Waals surface area contributed by atoms with E-state index in [-0.39, 0.29) is 5.82 Å². The van der Waals surface area contributed by atoms with E-state index in [0.29, 0.717) is 6.04 Å². The minimum absolute atomic E-state index is 0.0784. The van der Waals surface area contributed by atoms with Crippen molar-refractivity contribution in [3.63, 3.8) is 0 Å². The number of nitrogens with two attached hydrogens (primary N) is 1. The van der Waals surface area contributed by atoms with Crippen LogP contribution in [-0.4, -0.2) is 39.3 Å². The summed E-state index contributed by atoms with van der Waals surface area (Å²) in [6.07, 6.45) is 1.27. The Hall–Kier alpha value is -0.970. The van der Waals surface area contributed by atoms with Crippen LogP contribution in [0.2, 0.25) is 0 Å². The highest BCUT2D eigenvalue weighted by Crippen LogP contribution is 2.18. The van der Waals surface area contributed by atoms with Crippen molar-refractivity contribution < 1.29 is 19.5 Å². The molecule has 20 heavy (non-hydrogen) atoms. The van der Waals surface area contributed by atoms with Gasteiger partial charge >= 0.3 is 0 Å². The van der Waals surface area contributed by atoms with Crippen molar-refractivity contribution >= 4 is 0 Å². The summed E-state index contributed by atoms with van der Waals surface area (Å²) in [6.45, 7) is 10.7. The summed E-state index contributed by atoms with van der Waals surface area (Å²) in [7, 11) is 0. The average molecular weight is 280 g/mol. The maximum Gasteiger partial charge on any atom is 0.163 e. The second-order valence-corrected chi connectivity index (χ2v) is 6.28. The lowest BCUT2D eigenvalue weighted by molar-refractivity contribution is -1.03. The normalized spacial score (nSPS) is 30.0. The van der Waals surface area contributed by atoms with E-state index in [2.05, 4.69) is 12.2 Å². The molecule has 1 saturated heterocycles. The molecule has 0 saturated carbocycles. The molecule has 4 heteroatoms. The van der Waals surface area contributed by atoms with Crippen LogP contribution in [0.5, 0.6) is 0 Å². The van der Waals surface area contributed by atoms with Crippen LogP contribution in [0.4, 0.5) is 4.39 Å².